The average Bonchev–Trinajstić information content (AvgIpc) is 2.94. The molecule has 0 radical (unpaired) electrons. The van der Waals surface area contributed by atoms with Gasteiger partial charge in [0.15, 0.2) is 0 Å². The molecule has 2 aromatic heterocycles. The number of nitro groups is 1. The van der Waals surface area contributed by atoms with E-state index in [4.69, 9.17) is 0 Å². The molecule has 0 atom stereocenters. The summed E-state index contributed by atoms with van der Waals surface area (Å²) in [6.45, 7) is 3.58. The highest BCUT2D eigenvalue weighted by molar-refractivity contribution is 7.15. The normalized spacial score (nSPS) is 11.0. The van der Waals surface area contributed by atoms with E-state index in [9.17, 15) is 14.9 Å². The van der Waals surface area contributed by atoms with Gasteiger partial charge in [0.1, 0.15) is 12.7 Å². The Labute approximate surface area is 118 Å². The first-order valence-corrected chi connectivity index (χ1v) is 6.77. The van der Waals surface area contributed by atoms with Crippen LogP contribution in [0.15, 0.2) is 11.6 Å². The average molecular weight is 298 g/mol. The molecule has 9 heteroatoms. The lowest BCUT2D eigenvalue weighted by Gasteiger charge is -2.24. The fraction of sp³-hybridized carbons (Fsp3) is 0.455. The van der Waals surface area contributed by atoms with Gasteiger partial charge in [-0.1, -0.05) is 11.3 Å². The predicted octanol–water partition coefficient (Wildman–Crippen LogP) is 1.69. The Kier molecular flexibility index (Phi) is 3.89. The van der Waals surface area contributed by atoms with E-state index in [2.05, 4.69) is 9.72 Å². The molecule has 2 rings (SSSR count). The second-order valence-corrected chi connectivity index (χ2v) is 5.24. The summed E-state index contributed by atoms with van der Waals surface area (Å²) in [6, 6.07) is -0.127. The third kappa shape index (κ3) is 2.44. The number of carbonyl (C=O) groups excluding carboxylic acids is 1. The van der Waals surface area contributed by atoms with Crippen molar-refractivity contribution in [1.29, 1.82) is 0 Å². The first kappa shape index (κ1) is 14.3. The number of thiazole rings is 1. The molecule has 2 aromatic rings. The van der Waals surface area contributed by atoms with Crippen molar-refractivity contribution < 1.29 is 14.5 Å². The van der Waals surface area contributed by atoms with Gasteiger partial charge in [0.25, 0.3) is 4.96 Å². The van der Waals surface area contributed by atoms with Crippen molar-refractivity contribution in [2.75, 3.05) is 18.6 Å². The zero-order valence-electron chi connectivity index (χ0n) is 11.3. The molecule has 2 heterocycles. The van der Waals surface area contributed by atoms with E-state index in [1.165, 1.54) is 22.8 Å². The summed E-state index contributed by atoms with van der Waals surface area (Å²) in [5, 5.41) is 13.0. The first-order valence-electron chi connectivity index (χ1n) is 5.89. The van der Waals surface area contributed by atoms with Crippen LogP contribution in [0.2, 0.25) is 0 Å². The highest BCUT2D eigenvalue weighted by Gasteiger charge is 2.30. The lowest BCUT2D eigenvalue weighted by Crippen LogP contribution is -2.37. The van der Waals surface area contributed by atoms with Crippen LogP contribution in [0.25, 0.3) is 4.96 Å². The predicted molar refractivity (Wildman–Crippen MR) is 74.2 cm³/mol. The molecule has 8 nitrogen and oxygen atoms in total. The molecule has 0 N–H and O–H groups in total. The van der Waals surface area contributed by atoms with Crippen molar-refractivity contribution in [2.45, 2.75) is 19.9 Å². The summed E-state index contributed by atoms with van der Waals surface area (Å²) in [7, 11) is 1.28. The van der Waals surface area contributed by atoms with Crippen LogP contribution >= 0.6 is 11.3 Å². The van der Waals surface area contributed by atoms with Gasteiger partial charge in [0.2, 0.25) is 5.82 Å². The SMILES string of the molecule is COC(=O)CN(c1nc2sccn2c1[N+](=O)[O-])C(C)C. The van der Waals surface area contributed by atoms with Gasteiger partial charge in [-0.2, -0.15) is 9.38 Å². The minimum absolute atomic E-state index is 0.0835. The Morgan fingerprint density at radius 1 is 1.65 bits per heavy atom. The number of anilines is 1. The summed E-state index contributed by atoms with van der Waals surface area (Å²) in [4.78, 5) is 28.6. The molecule has 0 saturated carbocycles. The maximum absolute atomic E-state index is 11.5. The number of methoxy groups -OCH3 is 1. The number of nitrogens with zero attached hydrogens (tertiary/aromatic N) is 4. The van der Waals surface area contributed by atoms with E-state index in [0.29, 0.717) is 4.96 Å². The largest absolute Gasteiger partial charge is 0.468 e. The molecule has 0 aliphatic rings. The second kappa shape index (κ2) is 5.45. The molecule has 0 saturated heterocycles. The number of fused-ring (bicyclic) bond motifs is 1. The van der Waals surface area contributed by atoms with Gasteiger partial charge in [0.05, 0.1) is 7.11 Å². The van der Waals surface area contributed by atoms with Gasteiger partial charge in [-0.05, 0) is 18.8 Å². The standard InChI is InChI=1S/C11H14N4O4S/c1-7(2)14(6-8(16)19-3)9-10(15(17)18)13-4-5-20-11(13)12-9/h4-5,7H,6H2,1-3H3. The summed E-state index contributed by atoms with van der Waals surface area (Å²) < 4.78 is 6.04. The molecule has 0 aromatic carbocycles. The lowest BCUT2D eigenvalue weighted by atomic mass is 10.3. The maximum atomic E-state index is 11.5. The van der Waals surface area contributed by atoms with Gasteiger partial charge in [-0.15, -0.1) is 0 Å². The molecule has 0 bridgehead atoms. The van der Waals surface area contributed by atoms with Crippen molar-refractivity contribution in [1.82, 2.24) is 9.38 Å². The Balaban J connectivity index is 2.52. The summed E-state index contributed by atoms with van der Waals surface area (Å²) in [6.07, 6.45) is 1.59. The van der Waals surface area contributed by atoms with Crippen LogP contribution in [0.5, 0.6) is 0 Å². The maximum Gasteiger partial charge on any atom is 0.373 e. The molecule has 0 amide bonds. The number of aromatic nitrogens is 2. The van der Waals surface area contributed by atoms with Gasteiger partial charge in [-0.25, -0.2) is 0 Å². The fourth-order valence-electron chi connectivity index (χ4n) is 1.83. The van der Waals surface area contributed by atoms with Crippen LogP contribution in [0.1, 0.15) is 13.8 Å². The number of hydrogen-bond acceptors (Lipinski definition) is 7. The molecule has 0 spiro atoms. The van der Waals surface area contributed by atoms with Crippen LogP contribution in [0, 0.1) is 10.1 Å². The highest BCUT2D eigenvalue weighted by atomic mass is 32.1. The van der Waals surface area contributed by atoms with Crippen molar-refractivity contribution in [3.63, 3.8) is 0 Å². The molecule has 0 aliphatic heterocycles. The van der Waals surface area contributed by atoms with Gasteiger partial charge < -0.3 is 19.8 Å². The quantitative estimate of drug-likeness (QED) is 0.474. The number of imidazole rings is 1. The fourth-order valence-corrected chi connectivity index (χ4v) is 2.53. The van der Waals surface area contributed by atoms with E-state index < -0.39 is 10.9 Å². The molecule has 0 aliphatic carbocycles. The first-order chi connectivity index (χ1) is 9.45. The van der Waals surface area contributed by atoms with E-state index in [1.54, 1.807) is 16.5 Å². The monoisotopic (exact) mass is 298 g/mol. The summed E-state index contributed by atoms with van der Waals surface area (Å²) in [5.74, 6) is -0.426. The number of esters is 1. The smallest absolute Gasteiger partial charge is 0.373 e. The topological polar surface area (TPSA) is 90.0 Å². The highest BCUT2D eigenvalue weighted by Crippen LogP contribution is 2.31. The Morgan fingerprint density at radius 3 is 2.90 bits per heavy atom. The van der Waals surface area contributed by atoms with E-state index in [1.807, 2.05) is 13.8 Å². The van der Waals surface area contributed by atoms with Crippen LogP contribution in [-0.4, -0.2) is 40.0 Å². The second-order valence-electron chi connectivity index (χ2n) is 4.37. The molecule has 0 fully saturated rings. The van der Waals surface area contributed by atoms with E-state index in [0.717, 1.165) is 0 Å². The van der Waals surface area contributed by atoms with Crippen molar-refractivity contribution in [3.8, 4) is 0 Å². The Bertz CT molecular complexity index is 648. The van der Waals surface area contributed by atoms with Crippen molar-refractivity contribution in [2.24, 2.45) is 0 Å². The zero-order chi connectivity index (χ0) is 14.9. The third-order valence-electron chi connectivity index (χ3n) is 2.81. The lowest BCUT2D eigenvalue weighted by molar-refractivity contribution is -0.389. The van der Waals surface area contributed by atoms with Crippen LogP contribution in [0.4, 0.5) is 11.6 Å². The van der Waals surface area contributed by atoms with Crippen LogP contribution in [0.3, 0.4) is 0 Å². The van der Waals surface area contributed by atoms with Crippen LogP contribution in [-0.2, 0) is 9.53 Å². The molecular formula is C11H14N4O4S. The number of hydrogen-bond donors (Lipinski definition) is 0. The zero-order valence-corrected chi connectivity index (χ0v) is 12.1. The number of ether oxygens (including phenoxy) is 1. The number of rotatable bonds is 5. The van der Waals surface area contributed by atoms with Gasteiger partial charge in [0, 0.05) is 11.4 Å². The Morgan fingerprint density at radius 2 is 2.35 bits per heavy atom. The molecule has 0 unspecified atom stereocenters. The molecular weight excluding hydrogens is 284 g/mol. The minimum atomic E-state index is -0.491. The summed E-state index contributed by atoms with van der Waals surface area (Å²) >= 11 is 1.30. The van der Waals surface area contributed by atoms with Crippen molar-refractivity contribution >= 4 is 33.9 Å². The van der Waals surface area contributed by atoms with Crippen LogP contribution < -0.4 is 4.90 Å². The Hall–Kier alpha value is -2.16. The summed E-state index contributed by atoms with van der Waals surface area (Å²) in [5.41, 5.74) is 0. The van der Waals surface area contributed by atoms with E-state index >= 15 is 0 Å². The van der Waals surface area contributed by atoms with Gasteiger partial charge in [-0.3, -0.25) is 4.79 Å². The molecule has 20 heavy (non-hydrogen) atoms. The van der Waals surface area contributed by atoms with Gasteiger partial charge >= 0.3 is 11.8 Å². The number of carbonyl (C=O) groups is 1. The van der Waals surface area contributed by atoms with Crippen molar-refractivity contribution in [3.05, 3.63) is 21.7 Å². The third-order valence-corrected chi connectivity index (χ3v) is 3.57. The van der Waals surface area contributed by atoms with E-state index in [-0.39, 0.29) is 24.2 Å². The minimum Gasteiger partial charge on any atom is -0.468 e. The molecule has 108 valence electrons.